The molecule has 0 fully saturated rings. The first-order valence-corrected chi connectivity index (χ1v) is 20.1. The highest BCUT2D eigenvalue weighted by atomic mass is 15.1. The van der Waals surface area contributed by atoms with Crippen molar-refractivity contribution in [1.29, 1.82) is 0 Å². The number of hydrogen-bond donors (Lipinski definition) is 0. The van der Waals surface area contributed by atoms with Crippen LogP contribution >= 0.6 is 0 Å². The van der Waals surface area contributed by atoms with Gasteiger partial charge in [-0.25, -0.2) is 0 Å². The van der Waals surface area contributed by atoms with Gasteiger partial charge >= 0.3 is 0 Å². The summed E-state index contributed by atoms with van der Waals surface area (Å²) in [6, 6.07) is 86.7. The molecule has 0 spiro atoms. The van der Waals surface area contributed by atoms with Gasteiger partial charge < -0.3 is 4.90 Å². The van der Waals surface area contributed by atoms with Crippen LogP contribution in [0.4, 0.5) is 17.1 Å². The molecule has 1 nitrogen and oxygen atoms in total. The van der Waals surface area contributed by atoms with E-state index in [9.17, 15) is 0 Å². The molecule has 0 aliphatic heterocycles. The summed E-state index contributed by atoms with van der Waals surface area (Å²) in [6.45, 7) is 0. The minimum atomic E-state index is -0.454. The summed E-state index contributed by atoms with van der Waals surface area (Å²) >= 11 is 0. The lowest BCUT2D eigenvalue weighted by Gasteiger charge is -2.34. The van der Waals surface area contributed by atoms with E-state index in [0.717, 1.165) is 17.1 Å². The first-order valence-electron chi connectivity index (χ1n) is 20.1. The fraction of sp³-hybridized carbons (Fsp3) is 0.0175. The van der Waals surface area contributed by atoms with Crippen LogP contribution in [0.25, 0.3) is 54.9 Å². The summed E-state index contributed by atoms with van der Waals surface area (Å²) in [5.74, 6) is 0. The van der Waals surface area contributed by atoms with Crippen LogP contribution in [-0.4, -0.2) is 0 Å². The second-order valence-corrected chi connectivity index (χ2v) is 15.3. The summed E-state index contributed by atoms with van der Waals surface area (Å²) in [5.41, 5.74) is 15.3. The van der Waals surface area contributed by atoms with Crippen LogP contribution in [0.15, 0.2) is 237 Å². The van der Waals surface area contributed by atoms with Crippen molar-refractivity contribution in [2.75, 3.05) is 4.90 Å². The predicted molar refractivity (Wildman–Crippen MR) is 244 cm³/mol. The first kappa shape index (κ1) is 33.8. The molecular formula is C57H39N. The molecule has 0 radical (unpaired) electrons. The van der Waals surface area contributed by atoms with Crippen molar-refractivity contribution in [3.63, 3.8) is 0 Å². The summed E-state index contributed by atoms with van der Waals surface area (Å²) in [7, 11) is 0. The molecule has 1 heteroatoms. The Morgan fingerprint density at radius 1 is 0.259 bits per heavy atom. The molecule has 0 aromatic heterocycles. The summed E-state index contributed by atoms with van der Waals surface area (Å²) < 4.78 is 0. The van der Waals surface area contributed by atoms with Gasteiger partial charge in [0.1, 0.15) is 0 Å². The smallest absolute Gasteiger partial charge is 0.0714 e. The van der Waals surface area contributed by atoms with Gasteiger partial charge in [-0.15, -0.1) is 0 Å². The Morgan fingerprint density at radius 2 is 0.724 bits per heavy atom. The molecule has 0 amide bonds. The van der Waals surface area contributed by atoms with Crippen LogP contribution in [0.1, 0.15) is 22.3 Å². The lowest BCUT2D eigenvalue weighted by Crippen LogP contribution is -2.28. The molecular weight excluding hydrogens is 699 g/mol. The molecule has 0 bridgehead atoms. The molecule has 0 heterocycles. The number of rotatable bonds is 8. The third-order valence-electron chi connectivity index (χ3n) is 12.1. The van der Waals surface area contributed by atoms with E-state index in [-0.39, 0.29) is 0 Å². The molecule has 1 aliphatic rings. The predicted octanol–water partition coefficient (Wildman–Crippen LogP) is 15.2. The van der Waals surface area contributed by atoms with Gasteiger partial charge in [-0.1, -0.05) is 188 Å². The summed E-state index contributed by atoms with van der Waals surface area (Å²) in [5, 5.41) is 5.26. The zero-order valence-electron chi connectivity index (χ0n) is 32.0. The molecule has 11 rings (SSSR count). The molecule has 0 unspecified atom stereocenters. The van der Waals surface area contributed by atoms with Crippen LogP contribution in [0.5, 0.6) is 0 Å². The van der Waals surface area contributed by atoms with Gasteiger partial charge in [0.05, 0.1) is 5.41 Å². The lowest BCUT2D eigenvalue weighted by atomic mass is 9.67. The molecule has 0 atom stereocenters. The van der Waals surface area contributed by atoms with E-state index in [0.29, 0.717) is 0 Å². The fourth-order valence-electron chi connectivity index (χ4n) is 9.49. The quantitative estimate of drug-likeness (QED) is 0.140. The Labute approximate surface area is 339 Å². The third kappa shape index (κ3) is 5.47. The van der Waals surface area contributed by atoms with E-state index in [2.05, 4.69) is 241 Å². The van der Waals surface area contributed by atoms with Crippen molar-refractivity contribution in [3.05, 3.63) is 259 Å². The molecule has 0 N–H and O–H groups in total. The van der Waals surface area contributed by atoms with Gasteiger partial charge in [0.15, 0.2) is 0 Å². The van der Waals surface area contributed by atoms with Crippen LogP contribution < -0.4 is 4.90 Å². The van der Waals surface area contributed by atoms with Gasteiger partial charge in [0, 0.05) is 17.1 Å². The molecule has 0 saturated heterocycles. The highest BCUT2D eigenvalue weighted by Gasteiger charge is 2.45. The minimum absolute atomic E-state index is 0.454. The minimum Gasteiger partial charge on any atom is -0.310 e. The molecule has 10 aromatic rings. The largest absolute Gasteiger partial charge is 0.310 e. The van der Waals surface area contributed by atoms with Crippen LogP contribution in [0.3, 0.4) is 0 Å². The van der Waals surface area contributed by atoms with Gasteiger partial charge in [-0.05, 0) is 126 Å². The molecule has 0 saturated carbocycles. The normalized spacial score (nSPS) is 12.6. The van der Waals surface area contributed by atoms with Crippen LogP contribution in [0, 0.1) is 0 Å². The Balaban J connectivity index is 1.08. The van der Waals surface area contributed by atoms with Crippen LogP contribution in [0.2, 0.25) is 0 Å². The van der Waals surface area contributed by atoms with E-state index in [1.807, 2.05) is 0 Å². The standard InChI is InChI=1S/C57H39N/c1-5-16-40(17-6-1)44-21-13-27-51(37-44)58(52-28-14-22-45(38-52)41-18-7-2-8-19-41)50-34-32-42(33-35-50)47-36-46-31-30-43-20-15-29-53-55(43)56(46)54(39-47)57(53,48-23-9-3-10-24-48)49-25-11-4-12-26-49/h1-39H. The summed E-state index contributed by atoms with van der Waals surface area (Å²) in [6.07, 6.45) is 0. The third-order valence-corrected chi connectivity index (χ3v) is 12.1. The van der Waals surface area contributed by atoms with Crippen LogP contribution in [-0.2, 0) is 5.41 Å². The van der Waals surface area contributed by atoms with Gasteiger partial charge in [-0.2, -0.15) is 0 Å². The average molecular weight is 738 g/mol. The van der Waals surface area contributed by atoms with Crippen molar-refractivity contribution >= 4 is 38.6 Å². The number of benzene rings is 10. The maximum absolute atomic E-state index is 2.47. The SMILES string of the molecule is c1ccc(-c2cccc(N(c3ccc(-c4cc5c6c(ccc7cccc(c76)C5(c5ccccc5)c5ccccc5)c4)cc3)c3cccc(-c4ccccc4)c3)c2)cc1. The number of nitrogens with zero attached hydrogens (tertiary/aromatic N) is 1. The Hall–Kier alpha value is -7.48. The monoisotopic (exact) mass is 737 g/mol. The van der Waals surface area contributed by atoms with Gasteiger partial charge in [0.2, 0.25) is 0 Å². The zero-order chi connectivity index (χ0) is 38.5. The van der Waals surface area contributed by atoms with Crippen molar-refractivity contribution < 1.29 is 0 Å². The highest BCUT2D eigenvalue weighted by molar-refractivity contribution is 6.17. The second-order valence-electron chi connectivity index (χ2n) is 15.3. The fourth-order valence-corrected chi connectivity index (χ4v) is 9.49. The van der Waals surface area contributed by atoms with E-state index in [1.54, 1.807) is 0 Å². The molecule has 10 aromatic carbocycles. The van der Waals surface area contributed by atoms with Crippen molar-refractivity contribution in [2.24, 2.45) is 0 Å². The zero-order valence-corrected chi connectivity index (χ0v) is 32.0. The maximum Gasteiger partial charge on any atom is 0.0714 e. The highest BCUT2D eigenvalue weighted by Crippen LogP contribution is 2.56. The van der Waals surface area contributed by atoms with Crippen molar-refractivity contribution in [3.8, 4) is 33.4 Å². The summed E-state index contributed by atoms with van der Waals surface area (Å²) in [4.78, 5) is 2.38. The van der Waals surface area contributed by atoms with Gasteiger partial charge in [0.25, 0.3) is 0 Å². The molecule has 58 heavy (non-hydrogen) atoms. The van der Waals surface area contributed by atoms with Gasteiger partial charge in [-0.3, -0.25) is 0 Å². The Bertz CT molecular complexity index is 2960. The Morgan fingerprint density at radius 3 is 1.29 bits per heavy atom. The number of hydrogen-bond acceptors (Lipinski definition) is 1. The van der Waals surface area contributed by atoms with E-state index in [4.69, 9.17) is 0 Å². The molecule has 272 valence electrons. The Kier molecular flexibility index (Phi) is 8.12. The molecule has 1 aliphatic carbocycles. The van der Waals surface area contributed by atoms with E-state index in [1.165, 1.54) is 77.2 Å². The topological polar surface area (TPSA) is 3.24 Å². The van der Waals surface area contributed by atoms with E-state index >= 15 is 0 Å². The van der Waals surface area contributed by atoms with E-state index < -0.39 is 5.41 Å². The van der Waals surface area contributed by atoms with Crippen molar-refractivity contribution in [1.82, 2.24) is 0 Å². The van der Waals surface area contributed by atoms with Crippen molar-refractivity contribution in [2.45, 2.75) is 5.41 Å². The lowest BCUT2D eigenvalue weighted by molar-refractivity contribution is 0.771. The number of anilines is 3. The first-order chi connectivity index (χ1) is 28.8. The second kappa shape index (κ2) is 13.9. The average Bonchev–Trinajstić information content (AvgIpc) is 3.62. The maximum atomic E-state index is 2.47.